The molecule has 30 heavy (non-hydrogen) atoms. The smallest absolute Gasteiger partial charge is 0.230 e. The molecule has 1 aliphatic carbocycles. The van der Waals surface area contributed by atoms with E-state index < -0.39 is 0 Å². The summed E-state index contributed by atoms with van der Waals surface area (Å²) in [5.41, 5.74) is 0. The lowest BCUT2D eigenvalue weighted by molar-refractivity contribution is -0.133. The van der Waals surface area contributed by atoms with Gasteiger partial charge in [0.1, 0.15) is 0 Å². The highest BCUT2D eigenvalue weighted by molar-refractivity contribution is 5.95. The van der Waals surface area contributed by atoms with Gasteiger partial charge in [0.15, 0.2) is 0 Å². The zero-order valence-corrected chi connectivity index (χ0v) is 21.8. The van der Waals surface area contributed by atoms with E-state index in [-0.39, 0.29) is 35.7 Å². The van der Waals surface area contributed by atoms with Crippen LogP contribution in [0.3, 0.4) is 0 Å². The van der Waals surface area contributed by atoms with Gasteiger partial charge in [-0.3, -0.25) is 14.9 Å². The molecule has 5 heteroatoms. The summed E-state index contributed by atoms with van der Waals surface area (Å²) >= 11 is 0. The van der Waals surface area contributed by atoms with Crippen molar-refractivity contribution in [3.05, 3.63) is 0 Å². The summed E-state index contributed by atoms with van der Waals surface area (Å²) in [5, 5.41) is 11.5. The van der Waals surface area contributed by atoms with Crippen LogP contribution in [0, 0.1) is 35.5 Å². The summed E-state index contributed by atoms with van der Waals surface area (Å²) in [4.78, 5) is 24.4. The predicted octanol–water partition coefficient (Wildman–Crippen LogP) is 4.97. The lowest BCUT2D eigenvalue weighted by Gasteiger charge is -2.22. The number of hydrogen-bond donors (Lipinski definition) is 2. The second-order valence-corrected chi connectivity index (χ2v) is 10.5. The van der Waals surface area contributed by atoms with E-state index in [1.165, 1.54) is 26.3 Å². The molecule has 0 radical (unpaired) electrons. The fourth-order valence-corrected chi connectivity index (χ4v) is 3.75. The van der Waals surface area contributed by atoms with E-state index in [4.69, 9.17) is 5.11 Å². The summed E-state index contributed by atoms with van der Waals surface area (Å²) in [5.74, 6) is 2.41. The first-order chi connectivity index (χ1) is 13.7. The molecular weight excluding hydrogens is 376 g/mol. The molecule has 0 aromatic heterocycles. The fourth-order valence-electron chi connectivity index (χ4n) is 3.75. The monoisotopic (exact) mass is 428 g/mol. The fraction of sp³-hybridized carbons (Fsp3) is 0.920. The molecule has 1 fully saturated rings. The van der Waals surface area contributed by atoms with E-state index >= 15 is 0 Å². The quantitative estimate of drug-likeness (QED) is 0.600. The van der Waals surface area contributed by atoms with Crippen LogP contribution >= 0.6 is 0 Å². The van der Waals surface area contributed by atoms with Crippen molar-refractivity contribution in [2.75, 3.05) is 20.6 Å². The number of carbonyl (C=O) groups is 2. The number of amides is 2. The van der Waals surface area contributed by atoms with Gasteiger partial charge in [-0.05, 0) is 75.9 Å². The lowest BCUT2D eigenvalue weighted by atomic mass is 9.85. The average Bonchev–Trinajstić information content (AvgIpc) is 2.99. The van der Waals surface area contributed by atoms with E-state index in [1.807, 2.05) is 27.7 Å². The van der Waals surface area contributed by atoms with E-state index in [0.717, 1.165) is 30.6 Å². The van der Waals surface area contributed by atoms with Crippen LogP contribution in [0.4, 0.5) is 0 Å². The van der Waals surface area contributed by atoms with Crippen molar-refractivity contribution < 1.29 is 14.7 Å². The Morgan fingerprint density at radius 1 is 0.967 bits per heavy atom. The molecule has 2 unspecified atom stereocenters. The maximum atomic E-state index is 11.5. The SMILES string of the molecule is CC(=O)NC(=O)C(C(C)C)C(C)C.CC(C)C1CCC(O)C1.CC(C)CCN(C)C. The molecule has 0 spiro atoms. The summed E-state index contributed by atoms with van der Waals surface area (Å²) in [6.45, 7) is 19.5. The van der Waals surface area contributed by atoms with Crippen LogP contribution in [-0.4, -0.2) is 48.6 Å². The Hall–Kier alpha value is -0.940. The van der Waals surface area contributed by atoms with Gasteiger partial charge in [0.05, 0.1) is 6.10 Å². The molecule has 2 amide bonds. The highest BCUT2D eigenvalue weighted by Gasteiger charge is 2.26. The molecule has 1 aliphatic rings. The summed E-state index contributed by atoms with van der Waals surface area (Å²) in [6, 6.07) is 0. The van der Waals surface area contributed by atoms with Crippen molar-refractivity contribution in [1.29, 1.82) is 0 Å². The third-order valence-corrected chi connectivity index (χ3v) is 5.58. The Bertz CT molecular complexity index is 443. The Morgan fingerprint density at radius 3 is 1.67 bits per heavy atom. The minimum Gasteiger partial charge on any atom is -0.393 e. The van der Waals surface area contributed by atoms with E-state index in [0.29, 0.717) is 0 Å². The topological polar surface area (TPSA) is 69.6 Å². The van der Waals surface area contributed by atoms with Crippen LogP contribution in [0.2, 0.25) is 0 Å². The number of aliphatic hydroxyl groups excluding tert-OH is 1. The van der Waals surface area contributed by atoms with Gasteiger partial charge in [-0.2, -0.15) is 0 Å². The third kappa shape index (κ3) is 16.8. The Labute approximate surface area is 187 Å². The minimum atomic E-state index is -0.281. The van der Waals surface area contributed by atoms with Crippen LogP contribution in [0.5, 0.6) is 0 Å². The second-order valence-electron chi connectivity index (χ2n) is 10.5. The maximum Gasteiger partial charge on any atom is 0.230 e. The number of imide groups is 1. The number of aliphatic hydroxyl groups is 1. The molecule has 2 atom stereocenters. The molecular formula is C25H52N2O3. The van der Waals surface area contributed by atoms with Crippen molar-refractivity contribution in [2.24, 2.45) is 35.5 Å². The summed E-state index contributed by atoms with van der Waals surface area (Å²) < 4.78 is 0. The van der Waals surface area contributed by atoms with Gasteiger partial charge < -0.3 is 10.0 Å². The first-order valence-electron chi connectivity index (χ1n) is 11.8. The van der Waals surface area contributed by atoms with Gasteiger partial charge in [0.2, 0.25) is 11.8 Å². The van der Waals surface area contributed by atoms with Gasteiger partial charge in [-0.15, -0.1) is 0 Å². The molecule has 2 N–H and O–H groups in total. The number of rotatable bonds is 7. The van der Waals surface area contributed by atoms with Gasteiger partial charge >= 0.3 is 0 Å². The van der Waals surface area contributed by atoms with Gasteiger partial charge in [0.25, 0.3) is 0 Å². The largest absolute Gasteiger partial charge is 0.393 e. The minimum absolute atomic E-state index is 0.0115. The predicted molar refractivity (Wildman–Crippen MR) is 128 cm³/mol. The zero-order valence-electron chi connectivity index (χ0n) is 21.8. The van der Waals surface area contributed by atoms with E-state index in [9.17, 15) is 9.59 Å². The Balaban J connectivity index is 0. The lowest BCUT2D eigenvalue weighted by Crippen LogP contribution is -2.38. The standard InChI is InChI=1S/C10H19NO2.C8H16O.C7H17N/c1-6(2)9(7(3)4)10(13)11-8(5)12;1-6(2)7-3-4-8(9)5-7;1-7(2)5-6-8(3)4/h6-7,9H,1-5H3,(H,11,12,13);6-9H,3-5H2,1-2H3;7H,5-6H2,1-4H3. The normalized spacial score (nSPS) is 18.6. The second kappa shape index (κ2) is 16.7. The molecule has 0 aromatic carbocycles. The molecule has 0 bridgehead atoms. The number of carbonyl (C=O) groups excluding carboxylic acids is 2. The van der Waals surface area contributed by atoms with Crippen LogP contribution < -0.4 is 5.32 Å². The van der Waals surface area contributed by atoms with E-state index in [1.54, 1.807) is 0 Å². The average molecular weight is 429 g/mol. The highest BCUT2D eigenvalue weighted by atomic mass is 16.3. The van der Waals surface area contributed by atoms with Crippen molar-refractivity contribution in [1.82, 2.24) is 10.2 Å². The summed E-state index contributed by atoms with van der Waals surface area (Å²) in [7, 11) is 4.23. The van der Waals surface area contributed by atoms with Crippen molar-refractivity contribution in [3.8, 4) is 0 Å². The Kier molecular flexibility index (Phi) is 17.4. The first-order valence-corrected chi connectivity index (χ1v) is 11.8. The van der Waals surface area contributed by atoms with Crippen LogP contribution in [0.15, 0.2) is 0 Å². The Morgan fingerprint density at radius 2 is 1.47 bits per heavy atom. The highest BCUT2D eigenvalue weighted by Crippen LogP contribution is 2.30. The van der Waals surface area contributed by atoms with Crippen molar-refractivity contribution in [3.63, 3.8) is 0 Å². The number of hydrogen-bond acceptors (Lipinski definition) is 4. The molecule has 0 saturated heterocycles. The first kappa shape index (κ1) is 31.2. The summed E-state index contributed by atoms with van der Waals surface area (Å²) in [6.07, 6.45) is 4.63. The molecule has 0 aromatic rings. The zero-order chi connectivity index (χ0) is 24.0. The van der Waals surface area contributed by atoms with Crippen LogP contribution in [-0.2, 0) is 9.59 Å². The molecule has 180 valence electrons. The molecule has 5 nitrogen and oxygen atoms in total. The van der Waals surface area contributed by atoms with E-state index in [2.05, 4.69) is 52.0 Å². The van der Waals surface area contributed by atoms with Gasteiger partial charge in [0, 0.05) is 12.8 Å². The molecule has 0 heterocycles. The van der Waals surface area contributed by atoms with Gasteiger partial charge in [-0.25, -0.2) is 0 Å². The van der Waals surface area contributed by atoms with Crippen LogP contribution in [0.1, 0.15) is 88.0 Å². The maximum absolute atomic E-state index is 11.5. The number of nitrogens with zero attached hydrogens (tertiary/aromatic N) is 1. The third-order valence-electron chi connectivity index (χ3n) is 5.58. The molecule has 1 rings (SSSR count). The van der Waals surface area contributed by atoms with Crippen LogP contribution in [0.25, 0.3) is 0 Å². The molecule has 1 saturated carbocycles. The molecule has 0 aliphatic heterocycles. The van der Waals surface area contributed by atoms with Crippen molar-refractivity contribution in [2.45, 2.75) is 94.1 Å². The van der Waals surface area contributed by atoms with Crippen molar-refractivity contribution >= 4 is 11.8 Å². The van der Waals surface area contributed by atoms with Gasteiger partial charge in [-0.1, -0.05) is 55.4 Å². The number of nitrogens with one attached hydrogen (secondary N) is 1.